The molecule has 16 heavy (non-hydrogen) atoms. The predicted molar refractivity (Wildman–Crippen MR) is 61.5 cm³/mol. The number of furan rings is 1. The van der Waals surface area contributed by atoms with Crippen molar-refractivity contribution in [3.8, 4) is 0 Å². The van der Waals surface area contributed by atoms with Crippen LogP contribution in [-0.4, -0.2) is 13.1 Å². The molecule has 0 bridgehead atoms. The Labute approximate surface area is 93.3 Å². The molecule has 1 aromatic heterocycles. The highest BCUT2D eigenvalue weighted by atomic mass is 16.5. The molecule has 82 valence electrons. The molecular weight excluding hydrogens is 204 g/mol. The molecule has 0 saturated carbocycles. The molecule has 0 aliphatic rings. The van der Waals surface area contributed by atoms with Gasteiger partial charge in [-0.05, 0) is 18.1 Å². The van der Waals surface area contributed by atoms with Crippen molar-refractivity contribution in [2.75, 3.05) is 7.11 Å². The third-order valence-corrected chi connectivity index (χ3v) is 2.46. The lowest BCUT2D eigenvalue weighted by atomic mass is 10.0. The van der Waals surface area contributed by atoms with E-state index >= 15 is 0 Å². The van der Waals surface area contributed by atoms with Gasteiger partial charge in [0, 0.05) is 5.39 Å². The van der Waals surface area contributed by atoms with E-state index < -0.39 is 0 Å². The summed E-state index contributed by atoms with van der Waals surface area (Å²) in [6.45, 7) is 3.70. The molecule has 0 N–H and O–H groups in total. The van der Waals surface area contributed by atoms with E-state index in [-0.39, 0.29) is 5.97 Å². The molecule has 0 aliphatic carbocycles. The average molecular weight is 216 g/mol. The quantitative estimate of drug-likeness (QED) is 0.585. The Kier molecular flexibility index (Phi) is 2.77. The number of esters is 1. The van der Waals surface area contributed by atoms with Crippen LogP contribution >= 0.6 is 0 Å². The lowest BCUT2D eigenvalue weighted by Gasteiger charge is -2.01. The maximum atomic E-state index is 11.5. The van der Waals surface area contributed by atoms with Gasteiger partial charge in [-0.15, -0.1) is 6.58 Å². The number of carbonyl (C=O) groups excluding carboxylic acids is 1. The molecule has 0 radical (unpaired) electrons. The zero-order valence-corrected chi connectivity index (χ0v) is 9.03. The number of rotatable bonds is 3. The van der Waals surface area contributed by atoms with Gasteiger partial charge in [0.25, 0.3) is 0 Å². The van der Waals surface area contributed by atoms with Crippen LogP contribution in [0.1, 0.15) is 15.9 Å². The minimum absolute atomic E-state index is 0.379. The number of benzene rings is 1. The van der Waals surface area contributed by atoms with E-state index in [9.17, 15) is 4.79 Å². The van der Waals surface area contributed by atoms with Crippen molar-refractivity contribution in [1.29, 1.82) is 0 Å². The number of carbonyl (C=O) groups is 1. The topological polar surface area (TPSA) is 39.4 Å². The van der Waals surface area contributed by atoms with Crippen LogP contribution in [0.5, 0.6) is 0 Å². The molecule has 0 aliphatic heterocycles. The van der Waals surface area contributed by atoms with E-state index in [2.05, 4.69) is 6.58 Å². The van der Waals surface area contributed by atoms with Gasteiger partial charge in [0.2, 0.25) is 0 Å². The van der Waals surface area contributed by atoms with E-state index in [1.807, 2.05) is 18.2 Å². The number of hydrogen-bond acceptors (Lipinski definition) is 3. The molecule has 2 aromatic rings. The lowest BCUT2D eigenvalue weighted by molar-refractivity contribution is 0.0602. The Morgan fingerprint density at radius 1 is 1.56 bits per heavy atom. The van der Waals surface area contributed by atoms with E-state index in [0.29, 0.717) is 17.6 Å². The van der Waals surface area contributed by atoms with E-state index in [1.165, 1.54) is 13.4 Å². The van der Waals surface area contributed by atoms with Crippen LogP contribution in [0.3, 0.4) is 0 Å². The van der Waals surface area contributed by atoms with Gasteiger partial charge in [0.05, 0.1) is 7.11 Å². The zero-order chi connectivity index (χ0) is 11.5. The number of allylic oxidation sites excluding steroid dienone is 1. The van der Waals surface area contributed by atoms with Gasteiger partial charge in [-0.3, -0.25) is 0 Å². The standard InChI is InChI=1S/C13H12O3/c1-3-5-9-6-4-7-11-12(9)10(8-16-11)13(14)15-2/h3-4,6-8H,1,5H2,2H3. The highest BCUT2D eigenvalue weighted by Gasteiger charge is 2.16. The van der Waals surface area contributed by atoms with Crippen molar-refractivity contribution in [2.45, 2.75) is 6.42 Å². The van der Waals surface area contributed by atoms with Gasteiger partial charge in [-0.25, -0.2) is 4.79 Å². The zero-order valence-electron chi connectivity index (χ0n) is 9.03. The Balaban J connectivity index is 2.67. The molecule has 3 nitrogen and oxygen atoms in total. The smallest absolute Gasteiger partial charge is 0.341 e. The van der Waals surface area contributed by atoms with Gasteiger partial charge in [0.15, 0.2) is 0 Å². The SMILES string of the molecule is C=CCc1cccc2occ(C(=O)OC)c12. The summed E-state index contributed by atoms with van der Waals surface area (Å²) in [6.07, 6.45) is 3.92. The minimum atomic E-state index is -0.379. The van der Waals surface area contributed by atoms with E-state index in [0.717, 1.165) is 10.9 Å². The molecule has 0 fully saturated rings. The molecule has 0 saturated heterocycles. The Morgan fingerprint density at radius 2 is 2.38 bits per heavy atom. The molecule has 0 atom stereocenters. The molecule has 3 heteroatoms. The fourth-order valence-electron chi connectivity index (χ4n) is 1.75. The van der Waals surface area contributed by atoms with E-state index in [1.54, 1.807) is 6.08 Å². The van der Waals surface area contributed by atoms with Gasteiger partial charge in [0.1, 0.15) is 17.4 Å². The number of ether oxygens (including phenoxy) is 1. The summed E-state index contributed by atoms with van der Waals surface area (Å²) in [6, 6.07) is 5.67. The fourth-order valence-corrected chi connectivity index (χ4v) is 1.75. The first-order valence-corrected chi connectivity index (χ1v) is 4.96. The minimum Gasteiger partial charge on any atom is -0.465 e. The molecule has 0 unspecified atom stereocenters. The largest absolute Gasteiger partial charge is 0.465 e. The number of fused-ring (bicyclic) bond motifs is 1. The Bertz CT molecular complexity index is 537. The lowest BCUT2D eigenvalue weighted by Crippen LogP contribution is -2.00. The summed E-state index contributed by atoms with van der Waals surface area (Å²) in [4.78, 5) is 11.5. The molecule has 1 heterocycles. The van der Waals surface area contributed by atoms with Crippen LogP contribution in [0.4, 0.5) is 0 Å². The summed E-state index contributed by atoms with van der Waals surface area (Å²) in [5.74, 6) is -0.379. The normalized spacial score (nSPS) is 10.3. The van der Waals surface area contributed by atoms with Crippen LogP contribution in [0.15, 0.2) is 41.5 Å². The number of hydrogen-bond donors (Lipinski definition) is 0. The maximum absolute atomic E-state index is 11.5. The van der Waals surface area contributed by atoms with Crippen molar-refractivity contribution >= 4 is 16.9 Å². The van der Waals surface area contributed by atoms with Gasteiger partial charge in [-0.2, -0.15) is 0 Å². The summed E-state index contributed by atoms with van der Waals surface area (Å²) >= 11 is 0. The molecule has 0 spiro atoms. The third-order valence-electron chi connectivity index (χ3n) is 2.46. The van der Waals surface area contributed by atoms with Crippen LogP contribution in [0, 0.1) is 0 Å². The first kappa shape index (κ1) is 10.5. The molecule has 2 rings (SSSR count). The predicted octanol–water partition coefficient (Wildman–Crippen LogP) is 2.95. The third kappa shape index (κ3) is 1.60. The summed E-state index contributed by atoms with van der Waals surface area (Å²) in [5.41, 5.74) is 2.18. The second-order valence-corrected chi connectivity index (χ2v) is 3.42. The van der Waals surface area contributed by atoms with Gasteiger partial charge in [-0.1, -0.05) is 18.2 Å². The van der Waals surface area contributed by atoms with Crippen LogP contribution < -0.4 is 0 Å². The Hall–Kier alpha value is -2.03. The van der Waals surface area contributed by atoms with Crippen molar-refractivity contribution < 1.29 is 13.9 Å². The first-order valence-electron chi connectivity index (χ1n) is 4.96. The van der Waals surface area contributed by atoms with Crippen molar-refractivity contribution in [1.82, 2.24) is 0 Å². The van der Waals surface area contributed by atoms with Crippen LogP contribution in [-0.2, 0) is 11.2 Å². The fraction of sp³-hybridized carbons (Fsp3) is 0.154. The molecule has 0 amide bonds. The van der Waals surface area contributed by atoms with Crippen LogP contribution in [0.25, 0.3) is 11.0 Å². The van der Waals surface area contributed by atoms with Crippen LogP contribution in [0.2, 0.25) is 0 Å². The number of methoxy groups -OCH3 is 1. The summed E-state index contributed by atoms with van der Waals surface area (Å²) < 4.78 is 10.0. The van der Waals surface area contributed by atoms with Gasteiger partial charge >= 0.3 is 5.97 Å². The Morgan fingerprint density at radius 3 is 3.06 bits per heavy atom. The van der Waals surface area contributed by atoms with E-state index in [4.69, 9.17) is 9.15 Å². The highest BCUT2D eigenvalue weighted by Crippen LogP contribution is 2.26. The second kappa shape index (κ2) is 4.23. The average Bonchev–Trinajstić information content (AvgIpc) is 2.73. The maximum Gasteiger partial charge on any atom is 0.341 e. The summed E-state index contributed by atoms with van der Waals surface area (Å²) in [7, 11) is 1.36. The highest BCUT2D eigenvalue weighted by molar-refractivity contribution is 6.04. The summed E-state index contributed by atoms with van der Waals surface area (Å²) in [5, 5.41) is 0.814. The second-order valence-electron chi connectivity index (χ2n) is 3.42. The monoisotopic (exact) mass is 216 g/mol. The first-order chi connectivity index (χ1) is 7.77. The van der Waals surface area contributed by atoms with Crippen molar-refractivity contribution in [2.24, 2.45) is 0 Å². The molecular formula is C13H12O3. The molecule has 1 aromatic carbocycles. The van der Waals surface area contributed by atoms with Gasteiger partial charge < -0.3 is 9.15 Å². The van der Waals surface area contributed by atoms with Crippen molar-refractivity contribution in [3.63, 3.8) is 0 Å². The van der Waals surface area contributed by atoms with Crippen molar-refractivity contribution in [3.05, 3.63) is 48.2 Å².